The van der Waals surface area contributed by atoms with Gasteiger partial charge in [0, 0.05) is 5.56 Å². The molecule has 2 aromatic heterocycles. The first-order valence-electron chi connectivity index (χ1n) is 5.84. The summed E-state index contributed by atoms with van der Waals surface area (Å²) in [5, 5.41) is 19.9. The summed E-state index contributed by atoms with van der Waals surface area (Å²) in [6.45, 7) is 1.74. The molecule has 1 N–H and O–H groups in total. The first-order chi connectivity index (χ1) is 10.1. The fourth-order valence-corrected chi connectivity index (χ4v) is 2.14. The van der Waals surface area contributed by atoms with Crippen LogP contribution in [0.15, 0.2) is 22.6 Å². The Morgan fingerprint density at radius 1 is 1.19 bits per heavy atom. The molecule has 0 saturated heterocycles. The minimum absolute atomic E-state index is 0.159. The summed E-state index contributed by atoms with van der Waals surface area (Å²) in [6, 6.07) is 7.01. The fourth-order valence-electron chi connectivity index (χ4n) is 1.84. The van der Waals surface area contributed by atoms with Crippen molar-refractivity contribution in [3.63, 3.8) is 0 Å². The lowest BCUT2D eigenvalue weighted by Crippen LogP contribution is -1.85. The number of aryl methyl sites for hydroxylation is 1. The second-order valence-corrected chi connectivity index (χ2v) is 5.00. The summed E-state index contributed by atoms with van der Waals surface area (Å²) >= 11 is 11.9. The lowest BCUT2D eigenvalue weighted by atomic mass is 10.2. The number of H-pyrrole nitrogens is 1. The maximum absolute atomic E-state index is 8.99. The maximum atomic E-state index is 8.99. The normalized spacial score (nSPS) is 10.6. The molecule has 0 bridgehead atoms. The fraction of sp³-hybridized carbons (Fsp3) is 0.0769. The van der Waals surface area contributed by atoms with Crippen LogP contribution >= 0.6 is 23.2 Å². The van der Waals surface area contributed by atoms with Gasteiger partial charge in [-0.1, -0.05) is 23.2 Å². The van der Waals surface area contributed by atoms with Crippen molar-refractivity contribution in [2.75, 3.05) is 0 Å². The van der Waals surface area contributed by atoms with Crippen LogP contribution in [0.1, 0.15) is 11.5 Å². The molecule has 0 saturated carbocycles. The molecule has 8 heteroatoms. The van der Waals surface area contributed by atoms with E-state index in [4.69, 9.17) is 32.9 Å². The van der Waals surface area contributed by atoms with Crippen molar-refractivity contribution in [2.45, 2.75) is 6.92 Å². The van der Waals surface area contributed by atoms with Crippen molar-refractivity contribution in [2.24, 2.45) is 0 Å². The second-order valence-electron chi connectivity index (χ2n) is 4.19. The molecule has 0 aliphatic carbocycles. The average Bonchev–Trinajstić information content (AvgIpc) is 3.07. The van der Waals surface area contributed by atoms with Crippen molar-refractivity contribution in [3.8, 4) is 28.9 Å². The Balaban J connectivity index is 2.10. The van der Waals surface area contributed by atoms with Crippen LogP contribution in [0.4, 0.5) is 0 Å². The van der Waals surface area contributed by atoms with E-state index >= 15 is 0 Å². The molecule has 21 heavy (non-hydrogen) atoms. The lowest BCUT2D eigenvalue weighted by molar-refractivity contribution is 0.543. The SMILES string of the molecule is Cc1oc(-c2ccc(Cl)c(Cl)c2)nc1-c1n[nH]nc1C#N. The zero-order chi connectivity index (χ0) is 15.0. The van der Waals surface area contributed by atoms with Gasteiger partial charge in [-0.2, -0.15) is 15.6 Å². The smallest absolute Gasteiger partial charge is 0.226 e. The number of nitriles is 1. The molecule has 0 unspecified atom stereocenters. The molecule has 0 radical (unpaired) electrons. The number of aromatic amines is 1. The molecule has 104 valence electrons. The van der Waals surface area contributed by atoms with Gasteiger partial charge in [0.15, 0.2) is 11.4 Å². The Hall–Kier alpha value is -2.36. The van der Waals surface area contributed by atoms with Gasteiger partial charge in [0.05, 0.1) is 10.0 Å². The molecule has 0 aliphatic rings. The number of halogens is 2. The summed E-state index contributed by atoms with van der Waals surface area (Å²) in [5.41, 5.74) is 1.65. The highest BCUT2D eigenvalue weighted by Crippen LogP contribution is 2.31. The standard InChI is InChI=1S/C13H7Cl2N5O/c1-6-11(12-10(5-16)18-20-19-12)17-13(21-6)7-2-3-8(14)9(15)4-7/h2-4H,1H3,(H,18,19,20). The van der Waals surface area contributed by atoms with Crippen molar-refractivity contribution < 1.29 is 4.42 Å². The van der Waals surface area contributed by atoms with Crippen LogP contribution in [0.25, 0.3) is 22.8 Å². The Morgan fingerprint density at radius 2 is 2.00 bits per heavy atom. The Morgan fingerprint density at radius 3 is 2.71 bits per heavy atom. The summed E-state index contributed by atoms with van der Waals surface area (Å²) in [7, 11) is 0. The Bertz CT molecular complexity index is 862. The number of benzene rings is 1. The molecule has 3 aromatic rings. The van der Waals surface area contributed by atoms with Crippen molar-refractivity contribution in [3.05, 3.63) is 39.7 Å². The number of nitrogens with zero attached hydrogens (tertiary/aromatic N) is 4. The summed E-state index contributed by atoms with van der Waals surface area (Å²) in [6.07, 6.45) is 0. The quantitative estimate of drug-likeness (QED) is 0.778. The molecule has 3 rings (SSSR count). The third kappa shape index (κ3) is 2.37. The number of oxazole rings is 1. The molecule has 0 spiro atoms. The van der Waals surface area contributed by atoms with E-state index in [0.717, 1.165) is 0 Å². The highest BCUT2D eigenvalue weighted by Gasteiger charge is 2.19. The van der Waals surface area contributed by atoms with E-state index in [1.54, 1.807) is 25.1 Å². The second kappa shape index (κ2) is 5.20. The van der Waals surface area contributed by atoms with Crippen LogP contribution < -0.4 is 0 Å². The van der Waals surface area contributed by atoms with Gasteiger partial charge in [-0.15, -0.1) is 5.10 Å². The highest BCUT2D eigenvalue weighted by atomic mass is 35.5. The van der Waals surface area contributed by atoms with E-state index in [1.165, 1.54) is 0 Å². The summed E-state index contributed by atoms with van der Waals surface area (Å²) < 4.78 is 5.61. The lowest BCUT2D eigenvalue weighted by Gasteiger charge is -1.98. The minimum atomic E-state index is 0.159. The largest absolute Gasteiger partial charge is 0.441 e. The van der Waals surface area contributed by atoms with E-state index in [2.05, 4.69) is 20.4 Å². The highest BCUT2D eigenvalue weighted by molar-refractivity contribution is 6.42. The summed E-state index contributed by atoms with van der Waals surface area (Å²) in [4.78, 5) is 4.36. The zero-order valence-corrected chi connectivity index (χ0v) is 12.2. The first-order valence-corrected chi connectivity index (χ1v) is 6.60. The topological polar surface area (TPSA) is 91.4 Å². The van der Waals surface area contributed by atoms with Crippen molar-refractivity contribution in [1.29, 1.82) is 5.26 Å². The predicted octanol–water partition coefficient (Wildman–Crippen LogP) is 3.61. The van der Waals surface area contributed by atoms with Crippen LogP contribution in [-0.2, 0) is 0 Å². The molecule has 1 aromatic carbocycles. The van der Waals surface area contributed by atoms with Gasteiger partial charge in [0.2, 0.25) is 5.89 Å². The van der Waals surface area contributed by atoms with E-state index < -0.39 is 0 Å². The number of hydrogen-bond acceptors (Lipinski definition) is 5. The van der Waals surface area contributed by atoms with Gasteiger partial charge < -0.3 is 4.42 Å². The number of nitrogens with one attached hydrogen (secondary N) is 1. The number of aromatic nitrogens is 4. The van der Waals surface area contributed by atoms with E-state index in [9.17, 15) is 0 Å². The van der Waals surface area contributed by atoms with Crippen molar-refractivity contribution in [1.82, 2.24) is 20.4 Å². The molecule has 2 heterocycles. The van der Waals surface area contributed by atoms with Crippen LogP contribution in [0.2, 0.25) is 10.0 Å². The molecule has 0 aliphatic heterocycles. The summed E-state index contributed by atoms with van der Waals surface area (Å²) in [5.74, 6) is 0.898. The van der Waals surface area contributed by atoms with Gasteiger partial charge in [0.1, 0.15) is 17.5 Å². The zero-order valence-electron chi connectivity index (χ0n) is 10.7. The van der Waals surface area contributed by atoms with E-state index in [0.29, 0.717) is 38.6 Å². The van der Waals surface area contributed by atoms with Crippen LogP contribution in [-0.4, -0.2) is 20.4 Å². The van der Waals surface area contributed by atoms with Crippen LogP contribution in [0, 0.1) is 18.3 Å². The average molecular weight is 320 g/mol. The maximum Gasteiger partial charge on any atom is 0.226 e. The van der Waals surface area contributed by atoms with E-state index in [1.807, 2.05) is 6.07 Å². The first kappa shape index (κ1) is 13.6. The molecule has 6 nitrogen and oxygen atoms in total. The minimum Gasteiger partial charge on any atom is -0.441 e. The number of hydrogen-bond donors (Lipinski definition) is 1. The van der Waals surface area contributed by atoms with Crippen LogP contribution in [0.5, 0.6) is 0 Å². The molecule has 0 amide bonds. The van der Waals surface area contributed by atoms with Crippen molar-refractivity contribution >= 4 is 23.2 Å². The van der Waals surface area contributed by atoms with Gasteiger partial charge in [-0.05, 0) is 25.1 Å². The third-order valence-electron chi connectivity index (χ3n) is 2.84. The van der Waals surface area contributed by atoms with Crippen LogP contribution in [0.3, 0.4) is 0 Å². The molecular formula is C13H7Cl2N5O. The Kier molecular flexibility index (Phi) is 3.37. The predicted molar refractivity (Wildman–Crippen MR) is 76.8 cm³/mol. The van der Waals surface area contributed by atoms with Gasteiger partial charge in [-0.3, -0.25) is 0 Å². The molecule has 0 atom stereocenters. The van der Waals surface area contributed by atoms with Gasteiger partial charge >= 0.3 is 0 Å². The molecule has 0 fully saturated rings. The van der Waals surface area contributed by atoms with E-state index in [-0.39, 0.29) is 5.69 Å². The Labute approximate surface area is 129 Å². The van der Waals surface area contributed by atoms with Gasteiger partial charge in [0.25, 0.3) is 0 Å². The van der Waals surface area contributed by atoms with Gasteiger partial charge in [-0.25, -0.2) is 4.98 Å². The number of rotatable bonds is 2. The molecular weight excluding hydrogens is 313 g/mol. The monoisotopic (exact) mass is 319 g/mol. The third-order valence-corrected chi connectivity index (χ3v) is 3.58.